The van der Waals surface area contributed by atoms with Crippen molar-refractivity contribution in [2.75, 3.05) is 0 Å². The summed E-state index contributed by atoms with van der Waals surface area (Å²) in [6.45, 7) is 12.3. The van der Waals surface area contributed by atoms with Gasteiger partial charge in [0.15, 0.2) is 0 Å². The second kappa shape index (κ2) is 11.9. The fourth-order valence-corrected chi connectivity index (χ4v) is 3.78. The molecule has 2 aromatic carbocycles. The molecule has 0 aliphatic carbocycles. The minimum atomic E-state index is -0.444. The topological polar surface area (TPSA) is 52.6 Å². The van der Waals surface area contributed by atoms with Crippen LogP contribution in [-0.4, -0.2) is 11.9 Å². The predicted octanol–water partition coefficient (Wildman–Crippen LogP) is 6.64. The van der Waals surface area contributed by atoms with Gasteiger partial charge in [-0.3, -0.25) is 9.59 Å². The third-order valence-corrected chi connectivity index (χ3v) is 5.65. The van der Waals surface area contributed by atoms with Crippen LogP contribution < -0.4 is 0 Å². The molecule has 0 saturated heterocycles. The first-order valence-corrected chi connectivity index (χ1v) is 11.6. The monoisotopic (exact) mass is 442 g/mol. The molecule has 4 nitrogen and oxygen atoms in total. The smallest absolute Gasteiger partial charge is 0.328 e. The van der Waals surface area contributed by atoms with Crippen molar-refractivity contribution in [2.45, 2.75) is 66.2 Å². The highest BCUT2D eigenvalue weighted by Crippen LogP contribution is 2.24. The lowest BCUT2D eigenvalue weighted by Crippen LogP contribution is -2.13. The molecule has 2 rings (SSSR count). The van der Waals surface area contributed by atoms with Gasteiger partial charge < -0.3 is 8.37 Å². The minimum Gasteiger partial charge on any atom is -0.354 e. The van der Waals surface area contributed by atoms with Crippen LogP contribution in [0.5, 0.6) is 0 Å². The molecule has 5 heteroatoms. The Morgan fingerprint density at radius 1 is 0.645 bits per heavy atom. The van der Waals surface area contributed by atoms with Crippen LogP contribution in [0.2, 0.25) is 0 Å². The Labute approximate surface area is 191 Å². The molecule has 168 valence electrons. The molecular formula is C26H34O4S. The largest absolute Gasteiger partial charge is 0.354 e. The highest BCUT2D eigenvalue weighted by atomic mass is 32.2. The van der Waals surface area contributed by atoms with Crippen molar-refractivity contribution in [1.82, 2.24) is 0 Å². The third kappa shape index (κ3) is 8.06. The molecule has 0 amide bonds. The zero-order chi connectivity index (χ0) is 23.0. The summed E-state index contributed by atoms with van der Waals surface area (Å²) in [5, 5.41) is 0. The Morgan fingerprint density at radius 2 is 0.968 bits per heavy atom. The van der Waals surface area contributed by atoms with Gasteiger partial charge in [-0.2, -0.15) is 0 Å². The molecule has 0 aliphatic rings. The van der Waals surface area contributed by atoms with Gasteiger partial charge in [0.1, 0.15) is 0 Å². The average Bonchev–Trinajstić information content (AvgIpc) is 2.72. The summed E-state index contributed by atoms with van der Waals surface area (Å²) < 4.78 is 10.2. The summed E-state index contributed by atoms with van der Waals surface area (Å²) in [5.41, 5.74) is 4.24. The van der Waals surface area contributed by atoms with E-state index in [4.69, 9.17) is 8.37 Å². The van der Waals surface area contributed by atoms with Crippen LogP contribution in [0.15, 0.2) is 48.5 Å². The van der Waals surface area contributed by atoms with E-state index in [-0.39, 0.29) is 0 Å². The molecule has 0 N–H and O–H groups in total. The van der Waals surface area contributed by atoms with Crippen LogP contribution in [0, 0.1) is 11.8 Å². The second-order valence-electron chi connectivity index (χ2n) is 9.00. The molecule has 31 heavy (non-hydrogen) atoms. The summed E-state index contributed by atoms with van der Waals surface area (Å²) >= 11 is 0.440. The molecule has 0 unspecified atom stereocenters. The molecule has 0 bridgehead atoms. The van der Waals surface area contributed by atoms with Crippen molar-refractivity contribution in [3.05, 3.63) is 70.8 Å². The maximum Gasteiger partial charge on any atom is 0.328 e. The highest BCUT2D eigenvalue weighted by molar-refractivity contribution is 7.90. The number of carbonyl (C=O) groups is 2. The van der Waals surface area contributed by atoms with Gasteiger partial charge in [-0.15, -0.1) is 0 Å². The fraction of sp³-hybridized carbons (Fsp3) is 0.462. The average molecular weight is 443 g/mol. The maximum atomic E-state index is 12.3. The van der Waals surface area contributed by atoms with E-state index >= 15 is 0 Å². The summed E-state index contributed by atoms with van der Waals surface area (Å²) in [6.07, 6.45) is 2.01. The van der Waals surface area contributed by atoms with Gasteiger partial charge >= 0.3 is 11.9 Å². The van der Waals surface area contributed by atoms with Crippen molar-refractivity contribution in [3.63, 3.8) is 0 Å². The second-order valence-corrected chi connectivity index (χ2v) is 9.46. The van der Waals surface area contributed by atoms with E-state index in [2.05, 4.69) is 27.7 Å². The number of hydrogen-bond acceptors (Lipinski definition) is 5. The summed E-state index contributed by atoms with van der Waals surface area (Å²) in [5.74, 6) is -0.602. The Balaban J connectivity index is 1.81. The fourth-order valence-electron chi connectivity index (χ4n) is 3.33. The number of hydrogen-bond donors (Lipinski definition) is 0. The Bertz CT molecular complexity index is 769. The SMILES string of the molecule is CC(C)Cc1ccc([C@H](C)C(=O)OSOC(=O)[C@@H](C)c2ccc(CC(C)C)cc2)cc1. The van der Waals surface area contributed by atoms with Crippen LogP contribution in [0.4, 0.5) is 0 Å². The van der Waals surface area contributed by atoms with Crippen LogP contribution in [0.25, 0.3) is 0 Å². The van der Waals surface area contributed by atoms with Crippen LogP contribution in [-0.2, 0) is 30.8 Å². The third-order valence-electron chi connectivity index (χ3n) is 5.19. The quantitative estimate of drug-likeness (QED) is 0.386. The molecule has 0 saturated carbocycles. The van der Waals surface area contributed by atoms with Crippen molar-refractivity contribution < 1.29 is 18.0 Å². The van der Waals surface area contributed by atoms with E-state index in [1.165, 1.54) is 11.1 Å². The first-order chi connectivity index (χ1) is 14.7. The molecule has 0 radical (unpaired) electrons. The predicted molar refractivity (Wildman–Crippen MR) is 127 cm³/mol. The van der Waals surface area contributed by atoms with E-state index in [9.17, 15) is 9.59 Å². The molecule has 2 aromatic rings. The summed E-state index contributed by atoms with van der Waals surface area (Å²) in [7, 11) is 0. The lowest BCUT2D eigenvalue weighted by molar-refractivity contribution is -0.137. The minimum absolute atomic E-state index is 0.440. The van der Waals surface area contributed by atoms with Gasteiger partial charge in [0.05, 0.1) is 11.8 Å². The van der Waals surface area contributed by atoms with Crippen LogP contribution in [0.1, 0.15) is 75.6 Å². The van der Waals surface area contributed by atoms with Crippen molar-refractivity contribution in [2.24, 2.45) is 11.8 Å². The lowest BCUT2D eigenvalue weighted by Gasteiger charge is -2.13. The molecule has 0 heterocycles. The molecule has 0 aromatic heterocycles. The summed E-state index contributed by atoms with van der Waals surface area (Å²) in [6, 6.07) is 16.0. The van der Waals surface area contributed by atoms with Gasteiger partial charge in [-0.25, -0.2) is 0 Å². The zero-order valence-electron chi connectivity index (χ0n) is 19.4. The van der Waals surface area contributed by atoms with Crippen LogP contribution >= 0.6 is 12.3 Å². The molecule has 0 spiro atoms. The maximum absolute atomic E-state index is 12.3. The van der Waals surface area contributed by atoms with Crippen LogP contribution in [0.3, 0.4) is 0 Å². The van der Waals surface area contributed by atoms with Gasteiger partial charge in [0, 0.05) is 0 Å². The first-order valence-electron chi connectivity index (χ1n) is 10.9. The highest BCUT2D eigenvalue weighted by Gasteiger charge is 2.21. The normalized spacial score (nSPS) is 13.2. The molecule has 0 aliphatic heterocycles. The first kappa shape index (κ1) is 25.0. The number of carbonyl (C=O) groups excluding carboxylic acids is 2. The standard InChI is InChI=1S/C26H34O4S/c1-17(2)15-21-7-11-23(12-8-21)19(5)25(27)29-31-30-26(28)20(6)24-13-9-22(10-14-24)16-18(3)4/h7-14,17-20H,15-16H2,1-6H3/t19-,20-/m0/s1. The van der Waals surface area contributed by atoms with E-state index in [0.29, 0.717) is 24.2 Å². The number of rotatable bonds is 10. The van der Waals surface area contributed by atoms with Gasteiger partial charge in [0.25, 0.3) is 12.3 Å². The molecular weight excluding hydrogens is 408 g/mol. The van der Waals surface area contributed by atoms with E-state index in [1.807, 2.05) is 48.5 Å². The van der Waals surface area contributed by atoms with Gasteiger partial charge in [0.2, 0.25) is 0 Å². The number of benzene rings is 2. The van der Waals surface area contributed by atoms with Crippen molar-refractivity contribution in [1.29, 1.82) is 0 Å². The van der Waals surface area contributed by atoms with Gasteiger partial charge in [-0.1, -0.05) is 76.2 Å². The summed E-state index contributed by atoms with van der Waals surface area (Å²) in [4.78, 5) is 24.6. The molecule has 2 atom stereocenters. The van der Waals surface area contributed by atoms with Gasteiger partial charge in [-0.05, 0) is 60.8 Å². The Kier molecular flexibility index (Phi) is 9.63. The van der Waals surface area contributed by atoms with E-state index in [1.54, 1.807) is 13.8 Å². The van der Waals surface area contributed by atoms with Crippen molar-refractivity contribution >= 4 is 24.3 Å². The molecule has 0 fully saturated rings. The van der Waals surface area contributed by atoms with E-state index < -0.39 is 23.8 Å². The van der Waals surface area contributed by atoms with Crippen molar-refractivity contribution in [3.8, 4) is 0 Å². The lowest BCUT2D eigenvalue weighted by atomic mass is 9.97. The zero-order valence-corrected chi connectivity index (χ0v) is 20.2. The Hall–Kier alpha value is -2.27. The van der Waals surface area contributed by atoms with E-state index in [0.717, 1.165) is 24.0 Å². The Morgan fingerprint density at radius 3 is 1.26 bits per heavy atom.